The highest BCUT2D eigenvalue weighted by Gasteiger charge is 2.20. The Bertz CT molecular complexity index is 205. The van der Waals surface area contributed by atoms with Crippen LogP contribution in [0, 0.1) is 0 Å². The molecule has 0 aliphatic carbocycles. The number of rotatable bonds is 2. The van der Waals surface area contributed by atoms with Gasteiger partial charge in [-0.05, 0) is 20.8 Å². The van der Waals surface area contributed by atoms with Crippen molar-refractivity contribution in [2.24, 2.45) is 0 Å². The molecule has 1 saturated heterocycles. The molecule has 0 unspecified atom stereocenters. The molecule has 0 aromatic heterocycles. The third kappa shape index (κ3) is 3.76. The van der Waals surface area contributed by atoms with E-state index in [-0.39, 0.29) is 5.60 Å². The zero-order chi connectivity index (χ0) is 10.6. The van der Waals surface area contributed by atoms with Crippen molar-refractivity contribution in [1.82, 2.24) is 4.90 Å². The van der Waals surface area contributed by atoms with Crippen LogP contribution in [0.2, 0.25) is 0 Å². The SMILES string of the molecule is CC(C)(C)O/C(=C/Cl)N1CCOCC1. The van der Waals surface area contributed by atoms with Crippen molar-refractivity contribution < 1.29 is 9.47 Å². The lowest BCUT2D eigenvalue weighted by molar-refractivity contribution is -0.0315. The van der Waals surface area contributed by atoms with Crippen molar-refractivity contribution in [3.8, 4) is 0 Å². The summed E-state index contributed by atoms with van der Waals surface area (Å²) in [7, 11) is 0. The largest absolute Gasteiger partial charge is 0.473 e. The predicted octanol–water partition coefficient (Wildman–Crippen LogP) is 2.17. The van der Waals surface area contributed by atoms with Gasteiger partial charge in [0.25, 0.3) is 0 Å². The molecule has 0 atom stereocenters. The standard InChI is InChI=1S/C10H18ClNO2/c1-10(2,3)14-9(8-11)12-4-6-13-7-5-12/h8H,4-7H2,1-3H3/b9-8+. The molecule has 0 amide bonds. The molecule has 1 aliphatic rings. The number of ether oxygens (including phenoxy) is 2. The highest BCUT2D eigenvalue weighted by molar-refractivity contribution is 6.25. The predicted molar refractivity (Wildman–Crippen MR) is 57.2 cm³/mol. The van der Waals surface area contributed by atoms with E-state index in [0.717, 1.165) is 32.2 Å². The van der Waals surface area contributed by atoms with E-state index in [1.54, 1.807) is 0 Å². The summed E-state index contributed by atoms with van der Waals surface area (Å²) in [6.07, 6.45) is 0. The van der Waals surface area contributed by atoms with Crippen molar-refractivity contribution in [2.75, 3.05) is 26.3 Å². The highest BCUT2D eigenvalue weighted by atomic mass is 35.5. The molecule has 1 heterocycles. The number of nitrogens with zero attached hydrogens (tertiary/aromatic N) is 1. The molecule has 3 nitrogen and oxygen atoms in total. The van der Waals surface area contributed by atoms with Gasteiger partial charge in [-0.1, -0.05) is 11.6 Å². The van der Waals surface area contributed by atoms with Crippen LogP contribution in [0.5, 0.6) is 0 Å². The summed E-state index contributed by atoms with van der Waals surface area (Å²) in [6, 6.07) is 0. The number of morpholine rings is 1. The van der Waals surface area contributed by atoms with E-state index < -0.39 is 0 Å². The van der Waals surface area contributed by atoms with E-state index in [0.29, 0.717) is 0 Å². The minimum atomic E-state index is -0.209. The van der Waals surface area contributed by atoms with Gasteiger partial charge in [0.2, 0.25) is 5.88 Å². The average Bonchev–Trinajstić information content (AvgIpc) is 2.14. The fourth-order valence-corrected chi connectivity index (χ4v) is 1.44. The van der Waals surface area contributed by atoms with E-state index in [2.05, 4.69) is 4.90 Å². The Kier molecular flexibility index (Phi) is 4.08. The molecule has 0 bridgehead atoms. The van der Waals surface area contributed by atoms with Gasteiger partial charge in [0, 0.05) is 13.1 Å². The fraction of sp³-hybridized carbons (Fsp3) is 0.800. The molecule has 1 rings (SSSR count). The topological polar surface area (TPSA) is 21.7 Å². The zero-order valence-electron chi connectivity index (χ0n) is 9.05. The van der Waals surface area contributed by atoms with E-state index in [9.17, 15) is 0 Å². The van der Waals surface area contributed by atoms with Crippen LogP contribution in [-0.2, 0) is 9.47 Å². The number of hydrogen-bond acceptors (Lipinski definition) is 3. The molecule has 0 N–H and O–H groups in total. The van der Waals surface area contributed by atoms with Crippen molar-refractivity contribution in [3.05, 3.63) is 11.4 Å². The van der Waals surface area contributed by atoms with E-state index >= 15 is 0 Å². The average molecular weight is 220 g/mol. The molecule has 14 heavy (non-hydrogen) atoms. The lowest BCUT2D eigenvalue weighted by atomic mass is 10.2. The smallest absolute Gasteiger partial charge is 0.201 e. The van der Waals surface area contributed by atoms with Gasteiger partial charge in [0.05, 0.1) is 18.7 Å². The summed E-state index contributed by atoms with van der Waals surface area (Å²) in [5.74, 6) is 0.738. The Morgan fingerprint density at radius 3 is 2.36 bits per heavy atom. The third-order valence-electron chi connectivity index (χ3n) is 1.83. The number of hydrogen-bond donors (Lipinski definition) is 0. The summed E-state index contributed by atoms with van der Waals surface area (Å²) in [6.45, 7) is 9.18. The van der Waals surface area contributed by atoms with Crippen LogP contribution in [0.4, 0.5) is 0 Å². The molecule has 0 aromatic carbocycles. The summed E-state index contributed by atoms with van der Waals surface area (Å²) in [4.78, 5) is 2.10. The van der Waals surface area contributed by atoms with Crippen LogP contribution in [0.15, 0.2) is 11.4 Å². The van der Waals surface area contributed by atoms with E-state index in [1.807, 2.05) is 20.8 Å². The van der Waals surface area contributed by atoms with Gasteiger partial charge in [-0.2, -0.15) is 0 Å². The van der Waals surface area contributed by atoms with Gasteiger partial charge in [-0.3, -0.25) is 0 Å². The fourth-order valence-electron chi connectivity index (χ4n) is 1.25. The first kappa shape index (κ1) is 11.7. The monoisotopic (exact) mass is 219 g/mol. The quantitative estimate of drug-likeness (QED) is 0.665. The zero-order valence-corrected chi connectivity index (χ0v) is 9.80. The number of halogens is 1. The maximum atomic E-state index is 5.74. The Labute approximate surface area is 90.6 Å². The second-order valence-corrected chi connectivity index (χ2v) is 4.48. The molecule has 0 spiro atoms. The summed E-state index contributed by atoms with van der Waals surface area (Å²) < 4.78 is 11.0. The summed E-state index contributed by atoms with van der Waals surface area (Å²) >= 11 is 5.74. The van der Waals surface area contributed by atoms with Crippen molar-refractivity contribution in [1.29, 1.82) is 0 Å². The first-order valence-electron chi connectivity index (χ1n) is 4.85. The van der Waals surface area contributed by atoms with Gasteiger partial charge in [0.15, 0.2) is 0 Å². The lowest BCUT2D eigenvalue weighted by Gasteiger charge is -2.33. The van der Waals surface area contributed by atoms with Gasteiger partial charge in [0.1, 0.15) is 5.60 Å². The van der Waals surface area contributed by atoms with Gasteiger partial charge < -0.3 is 14.4 Å². The molecule has 4 heteroatoms. The van der Waals surface area contributed by atoms with Crippen LogP contribution in [0.1, 0.15) is 20.8 Å². The van der Waals surface area contributed by atoms with Gasteiger partial charge >= 0.3 is 0 Å². The second-order valence-electron chi connectivity index (χ2n) is 4.26. The van der Waals surface area contributed by atoms with Crippen LogP contribution < -0.4 is 0 Å². The molecule has 82 valence electrons. The maximum absolute atomic E-state index is 5.74. The molecular formula is C10H18ClNO2. The third-order valence-corrected chi connectivity index (χ3v) is 2.01. The second kappa shape index (κ2) is 4.89. The van der Waals surface area contributed by atoms with Crippen molar-refractivity contribution >= 4 is 11.6 Å². The Morgan fingerprint density at radius 2 is 1.93 bits per heavy atom. The molecule has 0 radical (unpaired) electrons. The molecular weight excluding hydrogens is 202 g/mol. The maximum Gasteiger partial charge on any atom is 0.201 e. The summed E-state index contributed by atoms with van der Waals surface area (Å²) in [5.41, 5.74) is 1.29. The van der Waals surface area contributed by atoms with Crippen molar-refractivity contribution in [3.63, 3.8) is 0 Å². The van der Waals surface area contributed by atoms with Gasteiger partial charge in [-0.25, -0.2) is 0 Å². The lowest BCUT2D eigenvalue weighted by Crippen LogP contribution is -2.38. The molecule has 0 aromatic rings. The molecule has 1 fully saturated rings. The van der Waals surface area contributed by atoms with Gasteiger partial charge in [-0.15, -0.1) is 0 Å². The van der Waals surface area contributed by atoms with Crippen LogP contribution in [0.3, 0.4) is 0 Å². The van der Waals surface area contributed by atoms with Crippen LogP contribution in [-0.4, -0.2) is 36.8 Å². The minimum absolute atomic E-state index is 0.209. The van der Waals surface area contributed by atoms with E-state index in [4.69, 9.17) is 21.1 Å². The molecule has 1 aliphatic heterocycles. The normalized spacial score (nSPS) is 19.7. The van der Waals surface area contributed by atoms with Crippen LogP contribution >= 0.6 is 11.6 Å². The first-order chi connectivity index (χ1) is 6.53. The Balaban J connectivity index is 2.53. The Morgan fingerprint density at radius 1 is 1.36 bits per heavy atom. The Hall–Kier alpha value is -0.410. The van der Waals surface area contributed by atoms with Crippen LogP contribution in [0.25, 0.3) is 0 Å². The van der Waals surface area contributed by atoms with Crippen molar-refractivity contribution in [2.45, 2.75) is 26.4 Å². The van der Waals surface area contributed by atoms with E-state index in [1.165, 1.54) is 5.54 Å². The molecule has 0 saturated carbocycles. The highest BCUT2D eigenvalue weighted by Crippen LogP contribution is 2.18. The minimum Gasteiger partial charge on any atom is -0.473 e. The first-order valence-corrected chi connectivity index (χ1v) is 5.28. The summed E-state index contributed by atoms with van der Waals surface area (Å²) in [5, 5.41) is 0.